The maximum Gasteiger partial charge on any atom is 0.225 e. The molecule has 2 amide bonds. The van der Waals surface area contributed by atoms with E-state index in [4.69, 9.17) is 0 Å². The molecule has 2 aromatic rings. The minimum absolute atomic E-state index is 0.0870. The third kappa shape index (κ3) is 5.69. The average molecular weight is 356 g/mol. The number of nitrogens with zero attached hydrogens (tertiary/aromatic N) is 1. The van der Waals surface area contributed by atoms with Gasteiger partial charge in [0, 0.05) is 20.0 Å². The Labute approximate surface area is 154 Å². The molecule has 0 saturated carbocycles. The first kappa shape index (κ1) is 19.6. The topological polar surface area (TPSA) is 49.4 Å². The molecule has 0 aliphatic rings. The van der Waals surface area contributed by atoms with Crippen LogP contribution in [0.5, 0.6) is 0 Å². The summed E-state index contributed by atoms with van der Waals surface area (Å²) in [6.07, 6.45) is 0.159. The third-order valence-corrected chi connectivity index (χ3v) is 4.23. The third-order valence-electron chi connectivity index (χ3n) is 4.23. The van der Waals surface area contributed by atoms with Gasteiger partial charge in [-0.1, -0.05) is 42.0 Å². The number of carbonyl (C=O) groups is 2. The van der Waals surface area contributed by atoms with Crippen molar-refractivity contribution < 1.29 is 14.0 Å². The molecule has 5 heteroatoms. The fraction of sp³-hybridized carbons (Fsp3) is 0.333. The van der Waals surface area contributed by atoms with Gasteiger partial charge in [-0.25, -0.2) is 4.39 Å². The zero-order chi connectivity index (χ0) is 19.1. The molecule has 0 saturated heterocycles. The summed E-state index contributed by atoms with van der Waals surface area (Å²) in [6.45, 7) is 6.16. The van der Waals surface area contributed by atoms with Gasteiger partial charge in [0.1, 0.15) is 5.82 Å². The summed E-state index contributed by atoms with van der Waals surface area (Å²) in [5.74, 6) is -0.588. The van der Waals surface area contributed by atoms with E-state index in [1.54, 1.807) is 17.0 Å². The molecule has 1 unspecified atom stereocenters. The number of amides is 2. The van der Waals surface area contributed by atoms with Crippen molar-refractivity contribution in [3.05, 3.63) is 71.0 Å². The molecule has 0 radical (unpaired) electrons. The molecule has 2 aromatic carbocycles. The molecule has 0 aliphatic heterocycles. The van der Waals surface area contributed by atoms with Gasteiger partial charge < -0.3 is 10.2 Å². The standard InChI is InChI=1S/C21H25FN2O2/c1-4-24(14-17-6-5-7-19(22)12-17)21(26)13-20(23-16(3)25)18-10-8-15(2)9-11-18/h5-12,20H,4,13-14H2,1-3H3,(H,23,25). The van der Waals surface area contributed by atoms with Crippen LogP contribution in [-0.2, 0) is 16.1 Å². The highest BCUT2D eigenvalue weighted by atomic mass is 19.1. The van der Waals surface area contributed by atoms with Crippen LogP contribution < -0.4 is 5.32 Å². The van der Waals surface area contributed by atoms with Crippen molar-refractivity contribution in [2.45, 2.75) is 39.8 Å². The van der Waals surface area contributed by atoms with E-state index in [1.807, 2.05) is 38.1 Å². The predicted octanol–water partition coefficient (Wildman–Crippen LogP) is 3.75. The van der Waals surface area contributed by atoms with Crippen molar-refractivity contribution in [1.29, 1.82) is 0 Å². The molecular weight excluding hydrogens is 331 g/mol. The molecule has 0 fully saturated rings. The molecule has 1 atom stereocenters. The van der Waals surface area contributed by atoms with E-state index in [-0.39, 0.29) is 30.1 Å². The molecule has 0 aliphatic carbocycles. The van der Waals surface area contributed by atoms with Crippen LogP contribution in [0.4, 0.5) is 4.39 Å². The smallest absolute Gasteiger partial charge is 0.225 e. The first-order valence-electron chi connectivity index (χ1n) is 8.75. The van der Waals surface area contributed by atoms with Crippen molar-refractivity contribution in [3.63, 3.8) is 0 Å². The van der Waals surface area contributed by atoms with Crippen LogP contribution in [0.2, 0.25) is 0 Å². The highest BCUT2D eigenvalue weighted by molar-refractivity contribution is 5.79. The fourth-order valence-electron chi connectivity index (χ4n) is 2.83. The average Bonchev–Trinajstić information content (AvgIpc) is 2.59. The summed E-state index contributed by atoms with van der Waals surface area (Å²) in [6, 6.07) is 13.6. The lowest BCUT2D eigenvalue weighted by Crippen LogP contribution is -2.35. The largest absolute Gasteiger partial charge is 0.349 e. The van der Waals surface area contributed by atoms with Gasteiger partial charge in [-0.3, -0.25) is 9.59 Å². The minimum Gasteiger partial charge on any atom is -0.349 e. The number of aryl methyl sites for hydroxylation is 1. The van der Waals surface area contributed by atoms with E-state index in [9.17, 15) is 14.0 Å². The number of rotatable bonds is 7. The maximum absolute atomic E-state index is 13.4. The Kier molecular flexibility index (Phi) is 6.89. The van der Waals surface area contributed by atoms with Crippen molar-refractivity contribution in [2.75, 3.05) is 6.54 Å². The monoisotopic (exact) mass is 356 g/mol. The summed E-state index contributed by atoms with van der Waals surface area (Å²) in [7, 11) is 0. The zero-order valence-electron chi connectivity index (χ0n) is 15.5. The number of carbonyl (C=O) groups excluding carboxylic acids is 2. The number of benzene rings is 2. The Hall–Kier alpha value is -2.69. The maximum atomic E-state index is 13.4. The summed E-state index contributed by atoms with van der Waals surface area (Å²) < 4.78 is 13.4. The molecule has 2 rings (SSSR count). The summed E-state index contributed by atoms with van der Waals surface area (Å²) >= 11 is 0. The van der Waals surface area contributed by atoms with Crippen molar-refractivity contribution in [3.8, 4) is 0 Å². The number of nitrogens with one attached hydrogen (secondary N) is 1. The van der Waals surface area contributed by atoms with Gasteiger partial charge in [-0.15, -0.1) is 0 Å². The second-order valence-electron chi connectivity index (χ2n) is 6.41. The Morgan fingerprint density at radius 3 is 2.42 bits per heavy atom. The second kappa shape index (κ2) is 9.13. The first-order chi connectivity index (χ1) is 12.4. The molecule has 0 heterocycles. The van der Waals surface area contributed by atoms with Crippen LogP contribution in [0.25, 0.3) is 0 Å². The summed E-state index contributed by atoms with van der Waals surface area (Å²) in [4.78, 5) is 26.0. The van der Waals surface area contributed by atoms with Gasteiger partial charge in [-0.2, -0.15) is 0 Å². The SMILES string of the molecule is CCN(Cc1cccc(F)c1)C(=O)CC(NC(C)=O)c1ccc(C)cc1. The molecular formula is C21H25FN2O2. The molecule has 26 heavy (non-hydrogen) atoms. The quantitative estimate of drug-likeness (QED) is 0.821. The molecule has 138 valence electrons. The zero-order valence-corrected chi connectivity index (χ0v) is 15.5. The predicted molar refractivity (Wildman–Crippen MR) is 99.8 cm³/mol. The van der Waals surface area contributed by atoms with Crippen LogP contribution in [0.3, 0.4) is 0 Å². The van der Waals surface area contributed by atoms with Crippen LogP contribution in [0.1, 0.15) is 43.0 Å². The van der Waals surface area contributed by atoms with Gasteiger partial charge in [-0.05, 0) is 37.1 Å². The van der Waals surface area contributed by atoms with Crippen LogP contribution >= 0.6 is 0 Å². The highest BCUT2D eigenvalue weighted by Crippen LogP contribution is 2.20. The van der Waals surface area contributed by atoms with Crippen molar-refractivity contribution >= 4 is 11.8 Å². The van der Waals surface area contributed by atoms with Gasteiger partial charge in [0.15, 0.2) is 0 Å². The Balaban J connectivity index is 2.13. The van der Waals surface area contributed by atoms with Crippen molar-refractivity contribution in [2.24, 2.45) is 0 Å². The number of hydrogen-bond acceptors (Lipinski definition) is 2. The second-order valence-corrected chi connectivity index (χ2v) is 6.41. The Morgan fingerprint density at radius 1 is 1.15 bits per heavy atom. The van der Waals surface area contributed by atoms with Gasteiger partial charge >= 0.3 is 0 Å². The Bertz CT molecular complexity index is 759. The van der Waals surface area contributed by atoms with Crippen molar-refractivity contribution in [1.82, 2.24) is 10.2 Å². The number of hydrogen-bond donors (Lipinski definition) is 1. The van der Waals surface area contributed by atoms with E-state index in [1.165, 1.54) is 19.1 Å². The minimum atomic E-state index is -0.387. The van der Waals surface area contributed by atoms with Gasteiger partial charge in [0.05, 0.1) is 12.5 Å². The van der Waals surface area contributed by atoms with Crippen LogP contribution in [0, 0.1) is 12.7 Å². The summed E-state index contributed by atoms with van der Waals surface area (Å²) in [5, 5.41) is 2.85. The lowest BCUT2D eigenvalue weighted by Gasteiger charge is -2.25. The summed E-state index contributed by atoms with van der Waals surface area (Å²) in [5.41, 5.74) is 2.75. The van der Waals surface area contributed by atoms with E-state index in [0.29, 0.717) is 13.1 Å². The molecule has 0 aromatic heterocycles. The fourth-order valence-corrected chi connectivity index (χ4v) is 2.83. The molecule has 4 nitrogen and oxygen atoms in total. The molecule has 0 spiro atoms. The van der Waals surface area contributed by atoms with E-state index >= 15 is 0 Å². The van der Waals surface area contributed by atoms with E-state index in [0.717, 1.165) is 16.7 Å². The molecule has 1 N–H and O–H groups in total. The van der Waals surface area contributed by atoms with E-state index < -0.39 is 0 Å². The van der Waals surface area contributed by atoms with E-state index in [2.05, 4.69) is 5.32 Å². The highest BCUT2D eigenvalue weighted by Gasteiger charge is 2.21. The van der Waals surface area contributed by atoms with Crippen LogP contribution in [0.15, 0.2) is 48.5 Å². The van der Waals surface area contributed by atoms with Gasteiger partial charge in [0.2, 0.25) is 11.8 Å². The first-order valence-corrected chi connectivity index (χ1v) is 8.75. The normalized spacial score (nSPS) is 11.7. The number of halogens is 1. The van der Waals surface area contributed by atoms with Gasteiger partial charge in [0.25, 0.3) is 0 Å². The lowest BCUT2D eigenvalue weighted by molar-refractivity contribution is -0.132. The lowest BCUT2D eigenvalue weighted by atomic mass is 10.0. The van der Waals surface area contributed by atoms with Crippen LogP contribution in [-0.4, -0.2) is 23.3 Å². The Morgan fingerprint density at radius 2 is 1.85 bits per heavy atom. The molecule has 0 bridgehead atoms.